The third-order valence-corrected chi connectivity index (χ3v) is 9.51. The van der Waals surface area contributed by atoms with E-state index in [0.29, 0.717) is 55.8 Å². The zero-order valence-corrected chi connectivity index (χ0v) is 21.0. The number of benzene rings is 1. The standard InChI is InChI=1S/C25H31FN4O5S/c26-21-7-1-6-19-23-20(16-36(32,33)24(19)21)22(25(31)28-9-12-34-13-10-28)27-30(23)17-4-2-8-29(14-17)18-5-3-11-35-15-18/h1,6-7,17-18H,2-5,8-16H2/t17-,18?/m0/s1. The highest BCUT2D eigenvalue weighted by Crippen LogP contribution is 2.43. The molecule has 3 saturated heterocycles. The number of piperidine rings is 1. The second-order valence-corrected chi connectivity index (χ2v) is 12.0. The summed E-state index contributed by atoms with van der Waals surface area (Å²) in [6, 6.07) is 4.61. The first-order valence-corrected chi connectivity index (χ1v) is 14.4. The molecule has 9 nitrogen and oxygen atoms in total. The van der Waals surface area contributed by atoms with E-state index in [1.165, 1.54) is 12.1 Å². The summed E-state index contributed by atoms with van der Waals surface area (Å²) in [5.74, 6) is -1.50. The summed E-state index contributed by atoms with van der Waals surface area (Å²) in [7, 11) is -3.97. The Morgan fingerprint density at radius 1 is 1.03 bits per heavy atom. The van der Waals surface area contributed by atoms with Crippen molar-refractivity contribution in [3.63, 3.8) is 0 Å². The topological polar surface area (TPSA) is 94.0 Å². The number of halogens is 1. The fourth-order valence-electron chi connectivity index (χ4n) is 6.04. The van der Waals surface area contributed by atoms with Crippen molar-refractivity contribution in [2.45, 2.75) is 48.4 Å². The van der Waals surface area contributed by atoms with Crippen LogP contribution in [0.15, 0.2) is 23.1 Å². The summed E-state index contributed by atoms with van der Waals surface area (Å²) < 4.78 is 54.2. The first-order valence-electron chi connectivity index (χ1n) is 12.8. The number of amides is 1. The summed E-state index contributed by atoms with van der Waals surface area (Å²) in [5, 5.41) is 4.80. The van der Waals surface area contributed by atoms with Gasteiger partial charge in [0.05, 0.1) is 37.3 Å². The molecule has 0 bridgehead atoms. The maximum absolute atomic E-state index is 14.9. The molecule has 6 rings (SSSR count). The molecule has 11 heteroatoms. The molecule has 0 aliphatic carbocycles. The Morgan fingerprint density at radius 3 is 2.61 bits per heavy atom. The van der Waals surface area contributed by atoms with Crippen molar-refractivity contribution in [1.29, 1.82) is 0 Å². The highest BCUT2D eigenvalue weighted by atomic mass is 32.2. The fraction of sp³-hybridized carbons (Fsp3) is 0.600. The van der Waals surface area contributed by atoms with Gasteiger partial charge in [0.1, 0.15) is 10.7 Å². The normalized spacial score (nSPS) is 26.3. The molecule has 0 N–H and O–H groups in total. The number of morpholine rings is 1. The Hall–Kier alpha value is -2.34. The van der Waals surface area contributed by atoms with Gasteiger partial charge in [-0.05, 0) is 38.3 Å². The smallest absolute Gasteiger partial charge is 0.274 e. The van der Waals surface area contributed by atoms with Crippen LogP contribution in [0.1, 0.15) is 47.8 Å². The number of rotatable bonds is 3. The van der Waals surface area contributed by atoms with Crippen molar-refractivity contribution in [2.24, 2.45) is 0 Å². The molecule has 5 heterocycles. The zero-order valence-electron chi connectivity index (χ0n) is 20.2. The van der Waals surface area contributed by atoms with Crippen molar-refractivity contribution in [1.82, 2.24) is 19.6 Å². The number of carbonyl (C=O) groups excluding carboxylic acids is 1. The molecule has 2 aromatic rings. The van der Waals surface area contributed by atoms with Crippen LogP contribution in [0.2, 0.25) is 0 Å². The van der Waals surface area contributed by atoms with E-state index >= 15 is 0 Å². The number of aromatic nitrogens is 2. The van der Waals surface area contributed by atoms with E-state index in [0.717, 1.165) is 45.4 Å². The molecule has 0 radical (unpaired) electrons. The minimum Gasteiger partial charge on any atom is -0.380 e. The first-order chi connectivity index (χ1) is 17.4. The highest BCUT2D eigenvalue weighted by molar-refractivity contribution is 7.91. The van der Waals surface area contributed by atoms with Crippen LogP contribution in [0.5, 0.6) is 0 Å². The van der Waals surface area contributed by atoms with Gasteiger partial charge >= 0.3 is 0 Å². The van der Waals surface area contributed by atoms with Crippen LogP contribution < -0.4 is 0 Å². The zero-order chi connectivity index (χ0) is 24.9. The average Bonchev–Trinajstić information content (AvgIpc) is 3.28. The molecule has 0 spiro atoms. The molecule has 194 valence electrons. The lowest BCUT2D eigenvalue weighted by molar-refractivity contribution is 0.00208. The van der Waals surface area contributed by atoms with Gasteiger partial charge in [-0.2, -0.15) is 5.10 Å². The van der Waals surface area contributed by atoms with E-state index in [2.05, 4.69) is 4.90 Å². The molecule has 1 aromatic carbocycles. The van der Waals surface area contributed by atoms with Crippen LogP contribution in [0.4, 0.5) is 4.39 Å². The van der Waals surface area contributed by atoms with E-state index in [1.54, 1.807) is 11.0 Å². The number of carbonyl (C=O) groups is 1. The van der Waals surface area contributed by atoms with Crippen molar-refractivity contribution < 1.29 is 27.1 Å². The molecule has 1 aromatic heterocycles. The van der Waals surface area contributed by atoms with Gasteiger partial charge in [-0.15, -0.1) is 0 Å². The second-order valence-electron chi connectivity index (χ2n) is 10.1. The number of sulfone groups is 1. The first kappa shape index (κ1) is 24.0. The SMILES string of the molecule is O=C(c1nn([C@H]2CCCN(C3CCCOC3)C2)c2c1CS(=O)(=O)c1c(F)cccc1-2)N1CCOCC1. The Labute approximate surface area is 210 Å². The van der Waals surface area contributed by atoms with Gasteiger partial charge in [-0.3, -0.25) is 14.4 Å². The van der Waals surface area contributed by atoms with Crippen molar-refractivity contribution >= 4 is 15.7 Å². The lowest BCUT2D eigenvalue weighted by atomic mass is 9.99. The van der Waals surface area contributed by atoms with Gasteiger partial charge < -0.3 is 14.4 Å². The lowest BCUT2D eigenvalue weighted by Gasteiger charge is -2.40. The molecule has 2 atom stereocenters. The summed E-state index contributed by atoms with van der Waals surface area (Å²) in [5.41, 5.74) is 1.39. The predicted molar refractivity (Wildman–Crippen MR) is 129 cm³/mol. The van der Waals surface area contributed by atoms with Crippen molar-refractivity contribution in [3.05, 3.63) is 35.3 Å². The number of hydrogen-bond acceptors (Lipinski definition) is 7. The Kier molecular flexibility index (Phi) is 6.35. The van der Waals surface area contributed by atoms with Crippen LogP contribution in [-0.4, -0.2) is 92.6 Å². The predicted octanol–water partition coefficient (Wildman–Crippen LogP) is 2.26. The number of nitrogens with zero attached hydrogens (tertiary/aromatic N) is 4. The average molecular weight is 519 g/mol. The largest absolute Gasteiger partial charge is 0.380 e. The molecular weight excluding hydrogens is 487 g/mol. The maximum Gasteiger partial charge on any atom is 0.274 e. The van der Waals surface area contributed by atoms with Crippen molar-refractivity contribution in [2.75, 3.05) is 52.6 Å². The van der Waals surface area contributed by atoms with Gasteiger partial charge in [-0.1, -0.05) is 12.1 Å². The Bertz CT molecular complexity index is 1270. The summed E-state index contributed by atoms with van der Waals surface area (Å²) >= 11 is 0. The minimum atomic E-state index is -3.97. The highest BCUT2D eigenvalue weighted by Gasteiger charge is 2.40. The van der Waals surface area contributed by atoms with Crippen LogP contribution >= 0.6 is 0 Å². The molecule has 3 fully saturated rings. The van der Waals surface area contributed by atoms with E-state index in [4.69, 9.17) is 14.6 Å². The van der Waals surface area contributed by atoms with E-state index in [9.17, 15) is 17.6 Å². The monoisotopic (exact) mass is 518 g/mol. The van der Waals surface area contributed by atoms with Gasteiger partial charge in [0, 0.05) is 43.4 Å². The van der Waals surface area contributed by atoms with Crippen molar-refractivity contribution in [3.8, 4) is 11.3 Å². The number of fused-ring (bicyclic) bond motifs is 3. The molecule has 1 amide bonds. The Balaban J connectivity index is 1.45. The van der Waals surface area contributed by atoms with Gasteiger partial charge in [0.2, 0.25) is 0 Å². The third-order valence-electron chi connectivity index (χ3n) is 7.80. The molecule has 1 unspecified atom stereocenters. The van der Waals surface area contributed by atoms with Gasteiger partial charge in [0.15, 0.2) is 15.5 Å². The fourth-order valence-corrected chi connectivity index (χ4v) is 7.71. The Morgan fingerprint density at radius 2 is 1.83 bits per heavy atom. The number of likely N-dealkylation sites (tertiary alicyclic amines) is 1. The summed E-state index contributed by atoms with van der Waals surface area (Å²) in [6.45, 7) is 4.91. The summed E-state index contributed by atoms with van der Waals surface area (Å²) in [4.78, 5) is 17.4. The van der Waals surface area contributed by atoms with Gasteiger partial charge in [-0.25, -0.2) is 12.8 Å². The van der Waals surface area contributed by atoms with Gasteiger partial charge in [0.25, 0.3) is 5.91 Å². The van der Waals surface area contributed by atoms with Crippen LogP contribution in [0.25, 0.3) is 11.3 Å². The molecule has 0 saturated carbocycles. The number of hydrogen-bond donors (Lipinski definition) is 0. The van der Waals surface area contributed by atoms with E-state index < -0.39 is 21.4 Å². The second kappa shape index (κ2) is 9.51. The van der Waals surface area contributed by atoms with E-state index in [1.807, 2.05) is 4.68 Å². The van der Waals surface area contributed by atoms with Crippen LogP contribution in [0.3, 0.4) is 0 Å². The van der Waals surface area contributed by atoms with Crippen LogP contribution in [-0.2, 0) is 25.1 Å². The lowest BCUT2D eigenvalue weighted by Crippen LogP contribution is -2.47. The van der Waals surface area contributed by atoms with Crippen LogP contribution in [0, 0.1) is 5.82 Å². The molecular formula is C25H31FN4O5S. The third kappa shape index (κ3) is 4.15. The quantitative estimate of drug-likeness (QED) is 0.615. The number of ether oxygens (including phenoxy) is 2. The molecule has 4 aliphatic heterocycles. The maximum atomic E-state index is 14.9. The molecule has 4 aliphatic rings. The molecule has 36 heavy (non-hydrogen) atoms. The van der Waals surface area contributed by atoms with E-state index in [-0.39, 0.29) is 22.5 Å². The minimum absolute atomic E-state index is 0.0578. The summed E-state index contributed by atoms with van der Waals surface area (Å²) in [6.07, 6.45) is 3.92.